The van der Waals surface area contributed by atoms with E-state index in [0.717, 1.165) is 38.9 Å². The zero-order valence-corrected chi connectivity index (χ0v) is 17.5. The number of hydrogen-bond donors (Lipinski definition) is 1. The lowest BCUT2D eigenvalue weighted by atomic mass is 10.0. The molecule has 1 aliphatic heterocycles. The lowest BCUT2D eigenvalue weighted by molar-refractivity contribution is 0.284. The molecule has 0 bridgehead atoms. The van der Waals surface area contributed by atoms with Gasteiger partial charge in [0.15, 0.2) is 5.11 Å². The van der Waals surface area contributed by atoms with Crippen LogP contribution in [0.1, 0.15) is 36.0 Å². The quantitative estimate of drug-likeness (QED) is 0.548. The van der Waals surface area contributed by atoms with Crippen LogP contribution in [-0.2, 0) is 0 Å². The summed E-state index contributed by atoms with van der Waals surface area (Å²) in [5, 5.41) is 4.14. The third-order valence-corrected chi connectivity index (χ3v) is 5.86. The third-order valence-electron chi connectivity index (χ3n) is 4.85. The van der Waals surface area contributed by atoms with Crippen LogP contribution < -0.4 is 5.32 Å². The van der Waals surface area contributed by atoms with Gasteiger partial charge >= 0.3 is 0 Å². The van der Waals surface area contributed by atoms with Gasteiger partial charge in [-0.05, 0) is 68.0 Å². The fraction of sp³-hybridized carbons (Fsp3) is 0.238. The first kappa shape index (κ1) is 18.2. The van der Waals surface area contributed by atoms with E-state index in [-0.39, 0.29) is 12.1 Å². The van der Waals surface area contributed by atoms with Crippen LogP contribution >= 0.6 is 28.1 Å². The zero-order valence-electron chi connectivity index (χ0n) is 15.1. The number of aromatic nitrogens is 1. The molecule has 27 heavy (non-hydrogen) atoms. The summed E-state index contributed by atoms with van der Waals surface area (Å²) in [4.78, 5) is 6.68. The molecule has 1 saturated heterocycles. The predicted octanol–water partition coefficient (Wildman–Crippen LogP) is 5.40. The van der Waals surface area contributed by atoms with Crippen molar-refractivity contribution in [3.8, 4) is 11.3 Å². The Morgan fingerprint density at radius 2 is 2.07 bits per heavy atom. The van der Waals surface area contributed by atoms with Crippen LogP contribution in [0, 0.1) is 6.92 Å². The monoisotopic (exact) mass is 441 g/mol. The molecule has 0 saturated carbocycles. The number of aryl methyl sites for hydroxylation is 1. The Morgan fingerprint density at radius 1 is 1.22 bits per heavy atom. The highest BCUT2D eigenvalue weighted by atomic mass is 79.9. The Labute approximate surface area is 172 Å². The maximum atomic E-state index is 6.31. The number of pyridine rings is 1. The SMILES string of the molecule is CCN1C(=S)N[C@H](c2ccccn2)[C@@H]1c1ccc(-c2ccc(C)cc2Br)o1. The second-order valence-corrected chi connectivity index (χ2v) is 7.84. The van der Waals surface area contributed by atoms with E-state index in [1.165, 1.54) is 5.56 Å². The van der Waals surface area contributed by atoms with Crippen LogP contribution in [0.3, 0.4) is 0 Å². The molecule has 1 aromatic carbocycles. The smallest absolute Gasteiger partial charge is 0.170 e. The second kappa shape index (κ2) is 7.44. The maximum Gasteiger partial charge on any atom is 0.170 e. The van der Waals surface area contributed by atoms with E-state index in [1.807, 2.05) is 36.5 Å². The number of nitrogens with one attached hydrogen (secondary N) is 1. The van der Waals surface area contributed by atoms with Gasteiger partial charge in [0.05, 0.1) is 11.7 Å². The highest BCUT2D eigenvalue weighted by molar-refractivity contribution is 9.10. The summed E-state index contributed by atoms with van der Waals surface area (Å²) in [6, 6.07) is 16.2. The van der Waals surface area contributed by atoms with Gasteiger partial charge in [0, 0.05) is 22.8 Å². The lowest BCUT2D eigenvalue weighted by Crippen LogP contribution is -2.29. The molecule has 0 amide bonds. The van der Waals surface area contributed by atoms with Crippen LogP contribution in [0.15, 0.2) is 63.6 Å². The molecule has 1 fully saturated rings. The lowest BCUT2D eigenvalue weighted by Gasteiger charge is -2.24. The van der Waals surface area contributed by atoms with Crippen molar-refractivity contribution < 1.29 is 4.42 Å². The number of hydrogen-bond acceptors (Lipinski definition) is 3. The average Bonchev–Trinajstić information content (AvgIpc) is 3.26. The Morgan fingerprint density at radius 3 is 2.78 bits per heavy atom. The summed E-state index contributed by atoms with van der Waals surface area (Å²) < 4.78 is 7.33. The first-order chi connectivity index (χ1) is 13.1. The fourth-order valence-electron chi connectivity index (χ4n) is 3.53. The molecular formula is C21H20BrN3OS. The Kier molecular flexibility index (Phi) is 5.02. The summed E-state index contributed by atoms with van der Waals surface area (Å²) in [7, 11) is 0. The van der Waals surface area contributed by atoms with Gasteiger partial charge in [-0.2, -0.15) is 0 Å². The first-order valence-corrected chi connectivity index (χ1v) is 10.1. The van der Waals surface area contributed by atoms with E-state index >= 15 is 0 Å². The summed E-state index contributed by atoms with van der Waals surface area (Å²) in [6.07, 6.45) is 1.81. The number of nitrogens with zero attached hydrogens (tertiary/aromatic N) is 2. The molecule has 0 aliphatic carbocycles. The first-order valence-electron chi connectivity index (χ1n) is 8.93. The van der Waals surface area contributed by atoms with Gasteiger partial charge in [0.1, 0.15) is 17.6 Å². The van der Waals surface area contributed by atoms with Crippen molar-refractivity contribution in [1.82, 2.24) is 15.2 Å². The number of likely N-dealkylation sites (N-methyl/N-ethyl adjacent to an activating group) is 1. The van der Waals surface area contributed by atoms with E-state index in [0.29, 0.717) is 0 Å². The van der Waals surface area contributed by atoms with Crippen LogP contribution in [0.25, 0.3) is 11.3 Å². The van der Waals surface area contributed by atoms with Gasteiger partial charge in [-0.1, -0.05) is 28.1 Å². The minimum atomic E-state index is -0.0425. The molecule has 138 valence electrons. The van der Waals surface area contributed by atoms with E-state index in [2.05, 4.69) is 63.2 Å². The van der Waals surface area contributed by atoms with Crippen LogP contribution in [0.4, 0.5) is 0 Å². The Hall–Kier alpha value is -2.18. The van der Waals surface area contributed by atoms with E-state index in [4.69, 9.17) is 16.6 Å². The predicted molar refractivity (Wildman–Crippen MR) is 114 cm³/mol. The molecule has 3 aromatic rings. The van der Waals surface area contributed by atoms with Crippen molar-refractivity contribution in [3.05, 3.63) is 76.2 Å². The van der Waals surface area contributed by atoms with Crippen LogP contribution in [-0.4, -0.2) is 21.5 Å². The molecule has 3 heterocycles. The topological polar surface area (TPSA) is 41.3 Å². The van der Waals surface area contributed by atoms with E-state index in [9.17, 15) is 0 Å². The number of benzene rings is 1. The van der Waals surface area contributed by atoms with Gasteiger partial charge in [0.2, 0.25) is 0 Å². The summed E-state index contributed by atoms with van der Waals surface area (Å²) >= 11 is 9.21. The highest BCUT2D eigenvalue weighted by Crippen LogP contribution is 2.41. The molecule has 4 nitrogen and oxygen atoms in total. The number of furan rings is 1. The van der Waals surface area contributed by atoms with Crippen molar-refractivity contribution in [2.24, 2.45) is 0 Å². The molecule has 2 aromatic heterocycles. The molecule has 2 atom stereocenters. The van der Waals surface area contributed by atoms with Gasteiger partial charge < -0.3 is 14.6 Å². The summed E-state index contributed by atoms with van der Waals surface area (Å²) in [5.41, 5.74) is 3.20. The molecule has 0 spiro atoms. The number of halogens is 1. The van der Waals surface area contributed by atoms with E-state index < -0.39 is 0 Å². The largest absolute Gasteiger partial charge is 0.459 e. The maximum absolute atomic E-state index is 6.31. The fourth-order valence-corrected chi connectivity index (χ4v) is 4.59. The number of rotatable bonds is 4. The minimum Gasteiger partial charge on any atom is -0.459 e. The molecule has 1 aliphatic rings. The van der Waals surface area contributed by atoms with Crippen molar-refractivity contribution in [2.45, 2.75) is 25.9 Å². The third kappa shape index (κ3) is 3.39. The summed E-state index contributed by atoms with van der Waals surface area (Å²) in [6.45, 7) is 4.97. The van der Waals surface area contributed by atoms with Crippen LogP contribution in [0.5, 0.6) is 0 Å². The van der Waals surface area contributed by atoms with Crippen molar-refractivity contribution in [1.29, 1.82) is 0 Å². The van der Waals surface area contributed by atoms with Gasteiger partial charge in [0.25, 0.3) is 0 Å². The second-order valence-electron chi connectivity index (χ2n) is 6.60. The normalized spacial score (nSPS) is 19.4. The van der Waals surface area contributed by atoms with Crippen molar-refractivity contribution in [2.75, 3.05) is 6.54 Å². The highest BCUT2D eigenvalue weighted by Gasteiger charge is 2.40. The minimum absolute atomic E-state index is 0.0321. The van der Waals surface area contributed by atoms with Crippen molar-refractivity contribution in [3.63, 3.8) is 0 Å². The zero-order chi connectivity index (χ0) is 19.0. The van der Waals surface area contributed by atoms with E-state index in [1.54, 1.807) is 0 Å². The Bertz CT molecular complexity index is 973. The van der Waals surface area contributed by atoms with Gasteiger partial charge in [-0.3, -0.25) is 4.98 Å². The average molecular weight is 442 g/mol. The molecular weight excluding hydrogens is 422 g/mol. The summed E-state index contributed by atoms with van der Waals surface area (Å²) in [5.74, 6) is 1.72. The van der Waals surface area contributed by atoms with Crippen molar-refractivity contribution >= 4 is 33.3 Å². The molecule has 1 N–H and O–H groups in total. The molecule has 0 unspecified atom stereocenters. The standard InChI is InChI=1S/C21H20BrN3OS/c1-3-25-20(19(24-21(25)27)16-6-4-5-11-23-16)18-10-9-17(26-18)14-8-7-13(2)12-15(14)22/h4-12,19-20H,3H2,1-2H3,(H,24,27)/t19-,20+/m1/s1. The van der Waals surface area contributed by atoms with Gasteiger partial charge in [-0.15, -0.1) is 0 Å². The molecule has 6 heteroatoms. The molecule has 4 rings (SSSR count). The number of thiocarbonyl (C=S) groups is 1. The molecule has 0 radical (unpaired) electrons. The van der Waals surface area contributed by atoms with Gasteiger partial charge in [-0.25, -0.2) is 0 Å². The van der Waals surface area contributed by atoms with Crippen LogP contribution in [0.2, 0.25) is 0 Å². The Balaban J connectivity index is 1.73.